The van der Waals surface area contributed by atoms with Crippen molar-refractivity contribution >= 4 is 23.6 Å². The monoisotopic (exact) mass is 390 g/mol. The third-order valence-corrected chi connectivity index (χ3v) is 3.88. The molecule has 0 N–H and O–H groups in total. The number of hydrogen-bond acceptors (Lipinski definition) is 3. The first-order chi connectivity index (χ1) is 12.0. The van der Waals surface area contributed by atoms with Crippen LogP contribution in [0, 0.1) is 5.82 Å². The summed E-state index contributed by atoms with van der Waals surface area (Å²) < 4.78 is 53.3. The first-order valence-corrected chi connectivity index (χ1v) is 7.81. The summed E-state index contributed by atoms with van der Waals surface area (Å²) >= 11 is 5.95. The fourth-order valence-corrected chi connectivity index (χ4v) is 2.25. The minimum atomic E-state index is -4.75. The molecule has 2 aromatic rings. The van der Waals surface area contributed by atoms with Gasteiger partial charge >= 0.3 is 6.18 Å². The van der Waals surface area contributed by atoms with Gasteiger partial charge in [0, 0.05) is 32.3 Å². The fraction of sp³-hybridized carbons (Fsp3) is 0.312. The van der Waals surface area contributed by atoms with Crippen molar-refractivity contribution in [2.75, 3.05) is 13.6 Å². The van der Waals surface area contributed by atoms with E-state index in [-0.39, 0.29) is 16.3 Å². The van der Waals surface area contributed by atoms with Crippen molar-refractivity contribution in [2.24, 2.45) is 12.0 Å². The molecule has 0 bridgehead atoms. The van der Waals surface area contributed by atoms with Crippen LogP contribution in [0.1, 0.15) is 12.6 Å². The molecule has 1 aromatic heterocycles. The molecular formula is C16H15ClF4N4O. The van der Waals surface area contributed by atoms with Crippen LogP contribution in [0.25, 0.3) is 11.3 Å². The van der Waals surface area contributed by atoms with Gasteiger partial charge in [0.2, 0.25) is 5.43 Å². The van der Waals surface area contributed by atoms with E-state index in [2.05, 4.69) is 10.1 Å². The highest BCUT2D eigenvalue weighted by Crippen LogP contribution is 2.33. The standard InChI is InChI=1S/C16H15ClF4N4O/c1-4-24(2)8-22-12-5-9(11(18)6-10(12)17)15-13(26)7-14(16(19,20)21)25(3)23-15/h5-8H,4H2,1-3H3. The third-order valence-electron chi connectivity index (χ3n) is 3.57. The van der Waals surface area contributed by atoms with Crippen molar-refractivity contribution in [3.63, 3.8) is 0 Å². The third kappa shape index (κ3) is 4.21. The molecule has 0 aliphatic carbocycles. The Morgan fingerprint density at radius 3 is 2.58 bits per heavy atom. The lowest BCUT2D eigenvalue weighted by Crippen LogP contribution is -2.22. The van der Waals surface area contributed by atoms with E-state index in [9.17, 15) is 22.4 Å². The summed E-state index contributed by atoms with van der Waals surface area (Å²) in [4.78, 5) is 17.9. The molecule has 1 heterocycles. The second kappa shape index (κ2) is 7.45. The zero-order valence-electron chi connectivity index (χ0n) is 14.1. The number of benzene rings is 1. The average molecular weight is 391 g/mol. The molecule has 0 saturated carbocycles. The second-order valence-electron chi connectivity index (χ2n) is 5.47. The summed E-state index contributed by atoms with van der Waals surface area (Å²) in [7, 11) is 2.78. The lowest BCUT2D eigenvalue weighted by molar-refractivity contribution is -0.144. The van der Waals surface area contributed by atoms with E-state index >= 15 is 0 Å². The van der Waals surface area contributed by atoms with Crippen LogP contribution < -0.4 is 5.43 Å². The van der Waals surface area contributed by atoms with Gasteiger partial charge in [-0.2, -0.15) is 18.3 Å². The molecule has 0 atom stereocenters. The smallest absolute Gasteiger partial charge is 0.366 e. The Morgan fingerprint density at radius 1 is 1.35 bits per heavy atom. The molecule has 0 saturated heterocycles. The molecule has 0 aliphatic rings. The van der Waals surface area contributed by atoms with Crippen LogP contribution in [0.3, 0.4) is 0 Å². The maximum atomic E-state index is 14.3. The van der Waals surface area contributed by atoms with Gasteiger partial charge in [0.1, 0.15) is 17.2 Å². The first-order valence-electron chi connectivity index (χ1n) is 7.44. The van der Waals surface area contributed by atoms with Crippen LogP contribution in [0.15, 0.2) is 28.0 Å². The number of rotatable bonds is 4. The van der Waals surface area contributed by atoms with E-state index in [1.54, 1.807) is 11.9 Å². The molecule has 140 valence electrons. The van der Waals surface area contributed by atoms with Crippen LogP contribution in [0.2, 0.25) is 5.02 Å². The number of aromatic nitrogens is 2. The lowest BCUT2D eigenvalue weighted by Gasteiger charge is -2.13. The van der Waals surface area contributed by atoms with Crippen molar-refractivity contribution in [1.82, 2.24) is 14.7 Å². The van der Waals surface area contributed by atoms with E-state index in [4.69, 9.17) is 11.6 Å². The minimum absolute atomic E-state index is 0.00395. The fourth-order valence-electron chi connectivity index (χ4n) is 2.05. The van der Waals surface area contributed by atoms with E-state index in [0.717, 1.165) is 13.1 Å². The SMILES string of the molecule is CCN(C)C=Nc1cc(-c2nn(C)c(C(F)(F)F)cc2=O)c(F)cc1Cl. The Morgan fingerprint density at radius 2 is 2.00 bits per heavy atom. The van der Waals surface area contributed by atoms with E-state index in [1.807, 2.05) is 6.92 Å². The highest BCUT2D eigenvalue weighted by atomic mass is 35.5. The van der Waals surface area contributed by atoms with Crippen molar-refractivity contribution < 1.29 is 17.6 Å². The summed E-state index contributed by atoms with van der Waals surface area (Å²) in [6.07, 6.45) is -3.29. The number of aryl methyl sites for hydroxylation is 1. The molecule has 10 heteroatoms. The maximum absolute atomic E-state index is 14.3. The van der Waals surface area contributed by atoms with E-state index in [1.165, 1.54) is 12.4 Å². The highest BCUT2D eigenvalue weighted by molar-refractivity contribution is 6.33. The molecular weight excluding hydrogens is 376 g/mol. The Labute approximate surface area is 151 Å². The predicted molar refractivity (Wildman–Crippen MR) is 91.3 cm³/mol. The summed E-state index contributed by atoms with van der Waals surface area (Å²) in [5, 5.41) is 3.59. The Balaban J connectivity index is 2.61. The number of hydrogen-bond donors (Lipinski definition) is 0. The van der Waals surface area contributed by atoms with Crippen LogP contribution in [0.4, 0.5) is 23.2 Å². The van der Waals surface area contributed by atoms with E-state index in [0.29, 0.717) is 17.3 Å². The molecule has 0 aliphatic heterocycles. The van der Waals surface area contributed by atoms with Crippen LogP contribution >= 0.6 is 11.6 Å². The van der Waals surface area contributed by atoms with Crippen LogP contribution in [0.5, 0.6) is 0 Å². The second-order valence-corrected chi connectivity index (χ2v) is 5.87. The van der Waals surface area contributed by atoms with Gasteiger partial charge < -0.3 is 4.90 Å². The van der Waals surface area contributed by atoms with E-state index < -0.39 is 28.8 Å². The topological polar surface area (TPSA) is 50.5 Å². The zero-order valence-corrected chi connectivity index (χ0v) is 14.9. The largest absolute Gasteiger partial charge is 0.433 e. The van der Waals surface area contributed by atoms with Crippen molar-refractivity contribution in [1.29, 1.82) is 0 Å². The van der Waals surface area contributed by atoms with Gasteiger partial charge in [-0.15, -0.1) is 0 Å². The Hall–Kier alpha value is -2.42. The molecule has 5 nitrogen and oxygen atoms in total. The number of nitrogens with zero attached hydrogens (tertiary/aromatic N) is 4. The normalized spacial score (nSPS) is 12.0. The quantitative estimate of drug-likeness (QED) is 0.452. The number of alkyl halides is 3. The number of halogens is 5. The molecule has 2 rings (SSSR count). The van der Waals surface area contributed by atoms with Crippen LogP contribution in [-0.2, 0) is 13.2 Å². The summed E-state index contributed by atoms with van der Waals surface area (Å²) in [6, 6.07) is 2.49. The summed E-state index contributed by atoms with van der Waals surface area (Å²) in [5.41, 5.74) is -2.88. The maximum Gasteiger partial charge on any atom is 0.433 e. The number of aliphatic imine (C=N–C) groups is 1. The van der Waals surface area contributed by atoms with Gasteiger partial charge in [-0.25, -0.2) is 9.38 Å². The van der Waals surface area contributed by atoms with Crippen molar-refractivity contribution in [2.45, 2.75) is 13.1 Å². The lowest BCUT2D eigenvalue weighted by atomic mass is 10.1. The van der Waals surface area contributed by atoms with Crippen molar-refractivity contribution in [3.05, 3.63) is 45.0 Å². The van der Waals surface area contributed by atoms with Crippen LogP contribution in [-0.4, -0.2) is 34.6 Å². The summed E-state index contributed by atoms with van der Waals surface area (Å²) in [5.74, 6) is -0.887. The molecule has 0 unspecified atom stereocenters. The molecule has 0 amide bonds. The molecule has 1 aromatic carbocycles. The Bertz CT molecular complexity index is 908. The summed E-state index contributed by atoms with van der Waals surface area (Å²) in [6.45, 7) is 2.55. The predicted octanol–water partition coefficient (Wildman–Crippen LogP) is 3.87. The average Bonchev–Trinajstić information content (AvgIpc) is 2.54. The zero-order chi connectivity index (χ0) is 19.6. The molecule has 0 fully saturated rings. The van der Waals surface area contributed by atoms with Gasteiger partial charge in [0.05, 0.1) is 17.0 Å². The van der Waals surface area contributed by atoms with Crippen molar-refractivity contribution in [3.8, 4) is 11.3 Å². The Kier molecular flexibility index (Phi) is 5.70. The molecule has 0 radical (unpaired) electrons. The minimum Gasteiger partial charge on any atom is -0.366 e. The molecule has 0 spiro atoms. The van der Waals surface area contributed by atoms with Gasteiger partial charge in [0.25, 0.3) is 0 Å². The molecule has 26 heavy (non-hydrogen) atoms. The van der Waals surface area contributed by atoms with Gasteiger partial charge in [0.15, 0.2) is 0 Å². The van der Waals surface area contributed by atoms with Gasteiger partial charge in [-0.05, 0) is 19.1 Å². The van der Waals surface area contributed by atoms with Gasteiger partial charge in [-0.3, -0.25) is 9.48 Å². The highest BCUT2D eigenvalue weighted by Gasteiger charge is 2.34. The van der Waals surface area contributed by atoms with Gasteiger partial charge in [-0.1, -0.05) is 11.6 Å². The first kappa shape index (κ1) is 19.9.